The Morgan fingerprint density at radius 2 is 1.93 bits per heavy atom. The lowest BCUT2D eigenvalue weighted by Gasteiger charge is -1.98. The molecule has 0 saturated heterocycles. The molecule has 0 radical (unpaired) electrons. The Morgan fingerprint density at radius 3 is 2.53 bits per heavy atom. The maximum Gasteiger partial charge on any atom is 0.264 e. The molecular weight excluding hydrogens is 216 g/mol. The van der Waals surface area contributed by atoms with Crippen LogP contribution in [0.4, 0.5) is 0 Å². The fourth-order valence-electron chi connectivity index (χ4n) is 1.39. The van der Waals surface area contributed by atoms with E-state index in [1.807, 2.05) is 12.1 Å². The van der Waals surface area contributed by atoms with Crippen LogP contribution in [0.25, 0.3) is 0 Å². The lowest BCUT2D eigenvalue weighted by Crippen LogP contribution is -2.03. The second-order valence-corrected chi connectivity index (χ2v) is 5.10. The van der Waals surface area contributed by atoms with Gasteiger partial charge in [0.2, 0.25) is 0 Å². The average molecular weight is 232 g/mol. The molecule has 0 unspecified atom stereocenters. The fourth-order valence-corrected chi connectivity index (χ4v) is 1.96. The zero-order valence-electron chi connectivity index (χ0n) is 8.55. The molecule has 0 spiro atoms. The molecule has 0 fully saturated rings. The Morgan fingerprint density at radius 1 is 1.20 bits per heavy atom. The van der Waals surface area contributed by atoms with Crippen molar-refractivity contribution < 1.29 is 17.4 Å². The van der Waals surface area contributed by atoms with Crippen LogP contribution in [-0.2, 0) is 16.5 Å². The summed E-state index contributed by atoms with van der Waals surface area (Å²) in [5, 5.41) is 0. The molecule has 0 bridgehead atoms. The van der Waals surface area contributed by atoms with Crippen molar-refractivity contribution in [3.63, 3.8) is 0 Å². The summed E-state index contributed by atoms with van der Waals surface area (Å²) in [6.07, 6.45) is 5.82. The van der Waals surface area contributed by atoms with Crippen molar-refractivity contribution >= 4 is 10.1 Å². The highest BCUT2D eigenvalue weighted by Gasteiger charge is 2.03. The van der Waals surface area contributed by atoms with E-state index in [1.165, 1.54) is 0 Å². The first-order chi connectivity index (χ1) is 7.08. The van der Waals surface area contributed by atoms with E-state index in [1.54, 1.807) is 6.26 Å². The van der Waals surface area contributed by atoms with Crippen LogP contribution >= 0.6 is 0 Å². The van der Waals surface area contributed by atoms with Crippen molar-refractivity contribution in [1.82, 2.24) is 0 Å². The van der Waals surface area contributed by atoms with Gasteiger partial charge >= 0.3 is 0 Å². The van der Waals surface area contributed by atoms with Crippen molar-refractivity contribution in [2.45, 2.75) is 32.1 Å². The van der Waals surface area contributed by atoms with Crippen LogP contribution in [0.3, 0.4) is 0 Å². The Hall–Kier alpha value is -0.810. The van der Waals surface area contributed by atoms with Crippen LogP contribution in [-0.4, -0.2) is 18.7 Å². The van der Waals surface area contributed by atoms with Gasteiger partial charge < -0.3 is 4.42 Å². The summed E-state index contributed by atoms with van der Waals surface area (Å²) < 4.78 is 34.4. The molecule has 0 saturated carbocycles. The van der Waals surface area contributed by atoms with E-state index in [4.69, 9.17) is 8.97 Å². The van der Waals surface area contributed by atoms with E-state index in [0.29, 0.717) is 6.42 Å². The van der Waals surface area contributed by atoms with Gasteiger partial charge in [-0.15, -0.1) is 0 Å². The Bertz CT molecular complexity index is 353. The standard InChI is InChI=1S/C10H16O4S/c11-15(12,13)9-4-2-1-3-6-10-7-5-8-14-10/h5,7-8H,1-4,6,9H2,(H,11,12,13). The minimum absolute atomic E-state index is 0.131. The van der Waals surface area contributed by atoms with Crippen molar-refractivity contribution in [3.8, 4) is 0 Å². The molecule has 0 amide bonds. The largest absolute Gasteiger partial charge is 0.469 e. The zero-order chi connectivity index (χ0) is 11.1. The third-order valence-corrected chi connectivity index (χ3v) is 2.96. The van der Waals surface area contributed by atoms with Crippen LogP contribution in [0, 0.1) is 0 Å². The highest BCUT2D eigenvalue weighted by molar-refractivity contribution is 7.85. The number of rotatable bonds is 7. The zero-order valence-corrected chi connectivity index (χ0v) is 9.37. The molecule has 0 aliphatic carbocycles. The first kappa shape index (κ1) is 12.3. The number of furan rings is 1. The van der Waals surface area contributed by atoms with Crippen molar-refractivity contribution in [2.24, 2.45) is 0 Å². The van der Waals surface area contributed by atoms with Gasteiger partial charge in [-0.1, -0.05) is 12.8 Å². The van der Waals surface area contributed by atoms with Gasteiger partial charge in [-0.05, 0) is 25.0 Å². The van der Waals surface area contributed by atoms with E-state index in [2.05, 4.69) is 0 Å². The molecule has 86 valence electrons. The molecule has 5 heteroatoms. The van der Waals surface area contributed by atoms with Crippen LogP contribution in [0.2, 0.25) is 0 Å². The summed E-state index contributed by atoms with van der Waals surface area (Å²) in [5.41, 5.74) is 0. The average Bonchev–Trinajstić information content (AvgIpc) is 2.61. The van der Waals surface area contributed by atoms with E-state index < -0.39 is 10.1 Å². The molecular formula is C10H16O4S. The second kappa shape index (κ2) is 5.92. The number of hydrogen-bond acceptors (Lipinski definition) is 3. The van der Waals surface area contributed by atoms with E-state index in [9.17, 15) is 8.42 Å². The molecule has 1 aromatic rings. The van der Waals surface area contributed by atoms with E-state index in [0.717, 1.165) is 31.4 Å². The maximum absolute atomic E-state index is 10.4. The smallest absolute Gasteiger partial charge is 0.264 e. The van der Waals surface area contributed by atoms with Gasteiger partial charge in [-0.25, -0.2) is 0 Å². The van der Waals surface area contributed by atoms with Gasteiger partial charge in [0.1, 0.15) is 5.76 Å². The number of unbranched alkanes of at least 4 members (excludes halogenated alkanes) is 3. The van der Waals surface area contributed by atoms with Gasteiger partial charge in [0.15, 0.2) is 0 Å². The summed E-state index contributed by atoms with van der Waals surface area (Å²) in [6, 6.07) is 3.78. The van der Waals surface area contributed by atoms with Gasteiger partial charge in [0.25, 0.3) is 10.1 Å². The highest BCUT2D eigenvalue weighted by Crippen LogP contribution is 2.08. The van der Waals surface area contributed by atoms with E-state index in [-0.39, 0.29) is 5.75 Å². The molecule has 1 aromatic heterocycles. The minimum Gasteiger partial charge on any atom is -0.469 e. The first-order valence-electron chi connectivity index (χ1n) is 5.05. The van der Waals surface area contributed by atoms with Crippen LogP contribution in [0.5, 0.6) is 0 Å². The normalized spacial score (nSPS) is 11.8. The number of aryl methyl sites for hydroxylation is 1. The van der Waals surface area contributed by atoms with Gasteiger partial charge in [0, 0.05) is 6.42 Å². The van der Waals surface area contributed by atoms with Gasteiger partial charge in [-0.2, -0.15) is 8.42 Å². The molecule has 1 N–H and O–H groups in total. The van der Waals surface area contributed by atoms with Crippen molar-refractivity contribution in [3.05, 3.63) is 24.2 Å². The molecule has 0 aliphatic rings. The van der Waals surface area contributed by atoms with E-state index >= 15 is 0 Å². The molecule has 0 atom stereocenters. The maximum atomic E-state index is 10.4. The molecule has 1 rings (SSSR count). The summed E-state index contributed by atoms with van der Waals surface area (Å²) >= 11 is 0. The Labute approximate surface area is 90.0 Å². The third-order valence-electron chi connectivity index (χ3n) is 2.16. The van der Waals surface area contributed by atoms with Gasteiger partial charge in [0.05, 0.1) is 12.0 Å². The predicted molar refractivity (Wildman–Crippen MR) is 57.3 cm³/mol. The topological polar surface area (TPSA) is 67.5 Å². The molecule has 0 aromatic carbocycles. The summed E-state index contributed by atoms with van der Waals surface area (Å²) in [6.45, 7) is 0. The molecule has 1 heterocycles. The summed E-state index contributed by atoms with van der Waals surface area (Å²) in [7, 11) is -3.77. The van der Waals surface area contributed by atoms with Gasteiger partial charge in [-0.3, -0.25) is 4.55 Å². The van der Waals surface area contributed by atoms with Crippen LogP contribution < -0.4 is 0 Å². The monoisotopic (exact) mass is 232 g/mol. The van der Waals surface area contributed by atoms with Crippen molar-refractivity contribution in [2.75, 3.05) is 5.75 Å². The lowest BCUT2D eigenvalue weighted by atomic mass is 10.1. The SMILES string of the molecule is O=S(=O)(O)CCCCCCc1ccco1. The first-order valence-corrected chi connectivity index (χ1v) is 6.66. The lowest BCUT2D eigenvalue weighted by molar-refractivity contribution is 0.476. The highest BCUT2D eigenvalue weighted by atomic mass is 32.2. The molecule has 4 nitrogen and oxygen atoms in total. The predicted octanol–water partition coefficient (Wildman–Crippen LogP) is 2.27. The second-order valence-electron chi connectivity index (χ2n) is 3.53. The Balaban J connectivity index is 1.99. The number of hydrogen-bond donors (Lipinski definition) is 1. The van der Waals surface area contributed by atoms with Crippen molar-refractivity contribution in [1.29, 1.82) is 0 Å². The molecule has 0 aliphatic heterocycles. The third kappa shape index (κ3) is 6.30. The summed E-state index contributed by atoms with van der Waals surface area (Å²) in [4.78, 5) is 0. The molecule has 15 heavy (non-hydrogen) atoms. The fraction of sp³-hybridized carbons (Fsp3) is 0.600. The van der Waals surface area contributed by atoms with Crippen LogP contribution in [0.15, 0.2) is 22.8 Å². The van der Waals surface area contributed by atoms with Crippen LogP contribution in [0.1, 0.15) is 31.4 Å². The summed E-state index contributed by atoms with van der Waals surface area (Å²) in [5.74, 6) is 0.832. The minimum atomic E-state index is -3.77. The quantitative estimate of drug-likeness (QED) is 0.578. The Kier molecular flexibility index (Phi) is 4.84.